The molecule has 0 bridgehead atoms. The molecule has 0 radical (unpaired) electrons. The number of carbonyl (C=O) groups excluding carboxylic acids is 1. The van der Waals surface area contributed by atoms with E-state index >= 15 is 0 Å². The first-order valence-electron chi connectivity index (χ1n) is 6.56. The largest absolute Gasteiger partial charge is 0.381 e. The Morgan fingerprint density at radius 2 is 2.10 bits per heavy atom. The lowest BCUT2D eigenvalue weighted by Crippen LogP contribution is -2.39. The number of nitrogens with one attached hydrogen (secondary N) is 1. The Bertz CT molecular complexity index is 456. The summed E-state index contributed by atoms with van der Waals surface area (Å²) < 4.78 is 5.28. The van der Waals surface area contributed by atoms with Crippen molar-refractivity contribution < 1.29 is 9.53 Å². The molecule has 0 spiro atoms. The second kappa shape index (κ2) is 7.16. The minimum absolute atomic E-state index is 0.104. The van der Waals surface area contributed by atoms with Crippen LogP contribution in [0.5, 0.6) is 0 Å². The molecule has 2 rings (SSSR count). The lowest BCUT2D eigenvalue weighted by Gasteiger charge is -2.19. The molecule has 4 nitrogen and oxygen atoms in total. The normalized spacial score (nSPS) is 18.1. The second-order valence-corrected chi connectivity index (χ2v) is 5.92. The molecule has 6 heteroatoms. The van der Waals surface area contributed by atoms with Crippen LogP contribution in [0.3, 0.4) is 0 Å². The van der Waals surface area contributed by atoms with Crippen LogP contribution in [0.25, 0.3) is 0 Å². The van der Waals surface area contributed by atoms with Crippen molar-refractivity contribution in [3.8, 4) is 0 Å². The van der Waals surface area contributed by atoms with Crippen LogP contribution in [0.2, 0.25) is 10.0 Å². The Hall–Kier alpha value is -0.970. The van der Waals surface area contributed by atoms with Crippen LogP contribution in [-0.2, 0) is 11.3 Å². The number of hydrogen-bond acceptors (Lipinski definition) is 2. The fourth-order valence-corrected chi connectivity index (χ4v) is 2.73. The minimum Gasteiger partial charge on any atom is -0.381 e. The molecule has 1 fully saturated rings. The van der Waals surface area contributed by atoms with Gasteiger partial charge in [-0.2, -0.15) is 0 Å². The van der Waals surface area contributed by atoms with E-state index in [1.54, 1.807) is 18.0 Å². The lowest BCUT2D eigenvalue weighted by molar-refractivity contribution is 0.182. The van der Waals surface area contributed by atoms with Gasteiger partial charge in [0.25, 0.3) is 0 Å². The first-order chi connectivity index (χ1) is 9.54. The summed E-state index contributed by atoms with van der Waals surface area (Å²) in [6.45, 7) is 2.64. The highest BCUT2D eigenvalue weighted by Crippen LogP contribution is 2.20. The summed E-state index contributed by atoms with van der Waals surface area (Å²) in [5, 5.41) is 4.06. The predicted octanol–water partition coefficient (Wildman–Crippen LogP) is 3.17. The number of ether oxygens (including phenoxy) is 1. The van der Waals surface area contributed by atoms with Crippen molar-refractivity contribution in [3.63, 3.8) is 0 Å². The van der Waals surface area contributed by atoms with E-state index in [0.717, 1.165) is 25.2 Å². The molecular weight excluding hydrogens is 299 g/mol. The number of carbonyl (C=O) groups is 1. The fraction of sp³-hybridized carbons (Fsp3) is 0.500. The van der Waals surface area contributed by atoms with Crippen molar-refractivity contribution in [1.29, 1.82) is 0 Å². The van der Waals surface area contributed by atoms with Gasteiger partial charge in [-0.3, -0.25) is 0 Å². The third kappa shape index (κ3) is 4.54. The zero-order valence-corrected chi connectivity index (χ0v) is 12.9. The number of amides is 2. The predicted molar refractivity (Wildman–Crippen MR) is 80.3 cm³/mol. The molecular formula is C14H18Cl2N2O2. The maximum Gasteiger partial charge on any atom is 0.317 e. The molecule has 20 heavy (non-hydrogen) atoms. The second-order valence-electron chi connectivity index (χ2n) is 5.05. The zero-order valence-electron chi connectivity index (χ0n) is 11.4. The number of urea groups is 1. The summed E-state index contributed by atoms with van der Waals surface area (Å²) in [5.74, 6) is 0.424. The standard InChI is InChI=1S/C14H18Cl2N2O2/c1-18(8-11-4-12(15)6-13(16)5-11)14(19)17-7-10-2-3-20-9-10/h4-6,10H,2-3,7-9H2,1H3,(H,17,19). The lowest BCUT2D eigenvalue weighted by atomic mass is 10.1. The maximum atomic E-state index is 12.0. The van der Waals surface area contributed by atoms with Gasteiger partial charge in [-0.05, 0) is 30.2 Å². The molecule has 1 N–H and O–H groups in total. The third-order valence-electron chi connectivity index (χ3n) is 3.25. The number of benzene rings is 1. The van der Waals surface area contributed by atoms with E-state index in [2.05, 4.69) is 5.32 Å². The Morgan fingerprint density at radius 1 is 1.40 bits per heavy atom. The van der Waals surface area contributed by atoms with Crippen LogP contribution < -0.4 is 5.32 Å². The molecule has 1 aliphatic rings. The monoisotopic (exact) mass is 316 g/mol. The van der Waals surface area contributed by atoms with Gasteiger partial charge in [-0.25, -0.2) is 4.79 Å². The molecule has 0 aromatic heterocycles. The highest BCUT2D eigenvalue weighted by atomic mass is 35.5. The van der Waals surface area contributed by atoms with Gasteiger partial charge in [0.1, 0.15) is 0 Å². The van der Waals surface area contributed by atoms with Gasteiger partial charge in [-0.15, -0.1) is 0 Å². The van der Waals surface area contributed by atoms with Crippen LogP contribution in [0, 0.1) is 5.92 Å². The van der Waals surface area contributed by atoms with E-state index in [4.69, 9.17) is 27.9 Å². The average Bonchev–Trinajstić information content (AvgIpc) is 2.87. The summed E-state index contributed by atoms with van der Waals surface area (Å²) in [6.07, 6.45) is 1.01. The molecule has 1 aromatic rings. The van der Waals surface area contributed by atoms with Gasteiger partial charge in [0.2, 0.25) is 0 Å². The molecule has 1 saturated heterocycles. The van der Waals surface area contributed by atoms with Gasteiger partial charge < -0.3 is 15.0 Å². The van der Waals surface area contributed by atoms with E-state index in [1.807, 2.05) is 12.1 Å². The number of nitrogens with zero attached hydrogens (tertiary/aromatic N) is 1. The summed E-state index contributed by atoms with van der Waals surface area (Å²) in [6, 6.07) is 5.18. The van der Waals surface area contributed by atoms with Crippen molar-refractivity contribution in [2.24, 2.45) is 5.92 Å². The van der Waals surface area contributed by atoms with Crippen molar-refractivity contribution in [3.05, 3.63) is 33.8 Å². The van der Waals surface area contributed by atoms with E-state index in [1.165, 1.54) is 0 Å². The van der Waals surface area contributed by atoms with Gasteiger partial charge in [0.15, 0.2) is 0 Å². The van der Waals surface area contributed by atoms with Crippen LogP contribution in [0.15, 0.2) is 18.2 Å². The minimum atomic E-state index is -0.104. The number of hydrogen-bond donors (Lipinski definition) is 1. The van der Waals surface area contributed by atoms with Crippen molar-refractivity contribution in [2.75, 3.05) is 26.8 Å². The first-order valence-corrected chi connectivity index (χ1v) is 7.32. The van der Waals surface area contributed by atoms with E-state index < -0.39 is 0 Å². The Kier molecular flexibility index (Phi) is 5.52. The average molecular weight is 317 g/mol. The topological polar surface area (TPSA) is 41.6 Å². The van der Waals surface area contributed by atoms with Gasteiger partial charge >= 0.3 is 6.03 Å². The third-order valence-corrected chi connectivity index (χ3v) is 3.69. The van der Waals surface area contributed by atoms with Crippen molar-refractivity contribution in [2.45, 2.75) is 13.0 Å². The van der Waals surface area contributed by atoms with Crippen LogP contribution in [-0.4, -0.2) is 37.7 Å². The Morgan fingerprint density at radius 3 is 2.70 bits per heavy atom. The van der Waals surface area contributed by atoms with Crippen LogP contribution in [0.1, 0.15) is 12.0 Å². The molecule has 0 saturated carbocycles. The highest BCUT2D eigenvalue weighted by molar-refractivity contribution is 6.34. The molecule has 0 aliphatic carbocycles. The van der Waals surface area contributed by atoms with Gasteiger partial charge in [0, 0.05) is 42.7 Å². The Balaban J connectivity index is 1.83. The molecule has 1 unspecified atom stereocenters. The smallest absolute Gasteiger partial charge is 0.317 e. The van der Waals surface area contributed by atoms with E-state index in [0.29, 0.717) is 29.1 Å². The van der Waals surface area contributed by atoms with Crippen molar-refractivity contribution >= 4 is 29.2 Å². The van der Waals surface area contributed by atoms with Crippen LogP contribution >= 0.6 is 23.2 Å². The van der Waals surface area contributed by atoms with Crippen molar-refractivity contribution in [1.82, 2.24) is 10.2 Å². The molecule has 1 atom stereocenters. The summed E-state index contributed by atoms with van der Waals surface area (Å²) >= 11 is 11.9. The summed E-state index contributed by atoms with van der Waals surface area (Å²) in [7, 11) is 1.75. The number of rotatable bonds is 4. The number of halogens is 2. The molecule has 1 aliphatic heterocycles. The Labute approximate surface area is 129 Å². The first kappa shape index (κ1) is 15.4. The molecule has 1 aromatic carbocycles. The fourth-order valence-electron chi connectivity index (χ4n) is 2.16. The van der Waals surface area contributed by atoms with Gasteiger partial charge in [0.05, 0.1) is 6.61 Å². The SMILES string of the molecule is CN(Cc1cc(Cl)cc(Cl)c1)C(=O)NCC1CCOC1. The highest BCUT2D eigenvalue weighted by Gasteiger charge is 2.17. The van der Waals surface area contributed by atoms with E-state index in [9.17, 15) is 4.79 Å². The summed E-state index contributed by atoms with van der Waals surface area (Å²) in [4.78, 5) is 13.6. The quantitative estimate of drug-likeness (QED) is 0.927. The van der Waals surface area contributed by atoms with Crippen LogP contribution in [0.4, 0.5) is 4.79 Å². The molecule has 1 heterocycles. The maximum absolute atomic E-state index is 12.0. The molecule has 110 valence electrons. The van der Waals surface area contributed by atoms with E-state index in [-0.39, 0.29) is 6.03 Å². The van der Waals surface area contributed by atoms with Gasteiger partial charge in [-0.1, -0.05) is 23.2 Å². The zero-order chi connectivity index (χ0) is 14.5. The molecule has 2 amide bonds. The summed E-state index contributed by atoms with van der Waals surface area (Å²) in [5.41, 5.74) is 0.907.